The van der Waals surface area contributed by atoms with E-state index in [-0.39, 0.29) is 11.8 Å². The summed E-state index contributed by atoms with van der Waals surface area (Å²) in [4.78, 5) is 3.12. The van der Waals surface area contributed by atoms with Crippen LogP contribution in [0.15, 0.2) is 24.4 Å². The molecule has 2 heterocycles. The number of aromatic hydroxyl groups is 1. The van der Waals surface area contributed by atoms with Gasteiger partial charge < -0.3 is 24.7 Å². The number of phenols is 1. The molecule has 1 aromatic heterocycles. The number of nitrogens with zero attached hydrogens (tertiary/aromatic N) is 1. The van der Waals surface area contributed by atoms with Crippen LogP contribution in [0.2, 0.25) is 0 Å². The maximum absolute atomic E-state index is 9.63. The van der Waals surface area contributed by atoms with Crippen molar-refractivity contribution in [2.45, 2.75) is 18.9 Å². The number of H-pyrrole nitrogens is 1. The van der Waals surface area contributed by atoms with Crippen LogP contribution in [0.1, 0.15) is 17.3 Å². The minimum Gasteiger partial charge on any atom is -0.508 e. The van der Waals surface area contributed by atoms with Gasteiger partial charge >= 0.3 is 0 Å². The van der Waals surface area contributed by atoms with Crippen molar-refractivity contribution in [2.24, 2.45) is 0 Å². The number of hydrogen-bond donors (Lipinski definition) is 3. The summed E-state index contributed by atoms with van der Waals surface area (Å²) in [5, 5.41) is 12.8. The first-order chi connectivity index (χ1) is 10.2. The third-order valence-electron chi connectivity index (χ3n) is 3.82. The molecule has 1 atom stereocenters. The zero-order chi connectivity index (χ0) is 14.8. The summed E-state index contributed by atoms with van der Waals surface area (Å²) >= 11 is 5.41. The zero-order valence-electron chi connectivity index (χ0n) is 11.9. The van der Waals surface area contributed by atoms with E-state index in [4.69, 9.17) is 17.0 Å². The Labute approximate surface area is 128 Å². The molecule has 0 amide bonds. The maximum Gasteiger partial charge on any atom is 0.177 e. The fraction of sp³-hybridized carbons (Fsp3) is 0.400. The van der Waals surface area contributed by atoms with Crippen LogP contribution in [0, 0.1) is 4.77 Å². The fourth-order valence-electron chi connectivity index (χ4n) is 2.79. The average Bonchev–Trinajstić information content (AvgIpc) is 2.85. The number of nitrogens with one attached hydrogen (secondary N) is 2. The molecule has 0 saturated heterocycles. The Hall–Kier alpha value is -1.79. The highest BCUT2D eigenvalue weighted by atomic mass is 32.1. The van der Waals surface area contributed by atoms with Crippen molar-refractivity contribution in [1.82, 2.24) is 14.9 Å². The topological polar surface area (TPSA) is 62.2 Å². The van der Waals surface area contributed by atoms with E-state index < -0.39 is 0 Å². The molecular formula is C15H19N3O2S. The first-order valence-corrected chi connectivity index (χ1v) is 7.48. The van der Waals surface area contributed by atoms with Gasteiger partial charge in [0.05, 0.1) is 6.04 Å². The lowest BCUT2D eigenvalue weighted by Gasteiger charge is -2.27. The van der Waals surface area contributed by atoms with Crippen LogP contribution < -0.4 is 10.1 Å². The lowest BCUT2D eigenvalue weighted by atomic mass is 10.0. The Morgan fingerprint density at radius 2 is 2.38 bits per heavy atom. The maximum atomic E-state index is 9.63. The number of aromatic amines is 1. The first-order valence-electron chi connectivity index (χ1n) is 7.07. The molecule has 3 rings (SSSR count). The summed E-state index contributed by atoms with van der Waals surface area (Å²) < 4.78 is 8.68. The molecule has 2 aromatic rings. The van der Waals surface area contributed by atoms with Crippen molar-refractivity contribution in [3.05, 3.63) is 40.4 Å². The minimum atomic E-state index is 0.157. The Morgan fingerprint density at radius 1 is 1.52 bits per heavy atom. The van der Waals surface area contributed by atoms with Gasteiger partial charge in [0.2, 0.25) is 0 Å². The number of ether oxygens (including phenoxy) is 1. The predicted octanol–water partition coefficient (Wildman–Crippen LogP) is 2.19. The largest absolute Gasteiger partial charge is 0.508 e. The van der Waals surface area contributed by atoms with Crippen LogP contribution in [0.3, 0.4) is 0 Å². The molecule has 0 fully saturated rings. The van der Waals surface area contributed by atoms with Gasteiger partial charge in [-0.05, 0) is 43.0 Å². The van der Waals surface area contributed by atoms with Crippen LogP contribution in [0.5, 0.6) is 11.5 Å². The number of phenolic OH excluding ortho intramolecular Hbond substituents is 1. The second kappa shape index (κ2) is 5.91. The van der Waals surface area contributed by atoms with E-state index in [1.807, 2.05) is 19.3 Å². The van der Waals surface area contributed by atoms with Crippen molar-refractivity contribution >= 4 is 12.2 Å². The first kappa shape index (κ1) is 14.2. The van der Waals surface area contributed by atoms with Crippen molar-refractivity contribution in [3.63, 3.8) is 0 Å². The summed E-state index contributed by atoms with van der Waals surface area (Å²) in [7, 11) is 1.94. The number of rotatable bonds is 4. The van der Waals surface area contributed by atoms with Gasteiger partial charge in [-0.2, -0.15) is 0 Å². The van der Waals surface area contributed by atoms with E-state index in [1.54, 1.807) is 12.1 Å². The van der Waals surface area contributed by atoms with E-state index in [9.17, 15) is 5.11 Å². The van der Waals surface area contributed by atoms with Crippen LogP contribution in [-0.4, -0.2) is 34.9 Å². The molecule has 0 radical (unpaired) electrons. The van der Waals surface area contributed by atoms with Gasteiger partial charge in [-0.25, -0.2) is 0 Å². The van der Waals surface area contributed by atoms with Gasteiger partial charge in [0.15, 0.2) is 4.77 Å². The van der Waals surface area contributed by atoms with Crippen LogP contribution >= 0.6 is 12.2 Å². The monoisotopic (exact) mass is 305 g/mol. The number of hydrogen-bond acceptors (Lipinski definition) is 4. The quantitative estimate of drug-likeness (QED) is 0.758. The molecular weight excluding hydrogens is 286 g/mol. The van der Waals surface area contributed by atoms with E-state index in [1.165, 1.54) is 5.69 Å². The molecule has 1 aliphatic rings. The number of imidazole rings is 1. The number of fused-ring (bicyclic) bond motifs is 1. The molecule has 1 aliphatic heterocycles. The third-order valence-corrected chi connectivity index (χ3v) is 4.13. The molecule has 0 aliphatic carbocycles. The van der Waals surface area contributed by atoms with E-state index in [0.717, 1.165) is 35.5 Å². The number of likely N-dealkylation sites (N-methyl/N-ethyl adjacent to an activating group) is 1. The highest BCUT2D eigenvalue weighted by Gasteiger charge is 2.23. The van der Waals surface area contributed by atoms with Gasteiger partial charge in [-0.3, -0.25) is 0 Å². The predicted molar refractivity (Wildman–Crippen MR) is 83.6 cm³/mol. The zero-order valence-corrected chi connectivity index (χ0v) is 12.7. The van der Waals surface area contributed by atoms with Crippen molar-refractivity contribution < 1.29 is 9.84 Å². The smallest absolute Gasteiger partial charge is 0.177 e. The van der Waals surface area contributed by atoms with Gasteiger partial charge in [-0.15, -0.1) is 0 Å². The molecule has 3 N–H and O–H groups in total. The molecule has 0 unspecified atom stereocenters. The molecule has 0 spiro atoms. The lowest BCUT2D eigenvalue weighted by Crippen LogP contribution is -2.26. The molecule has 1 aromatic carbocycles. The van der Waals surface area contributed by atoms with Crippen LogP contribution in [0.25, 0.3) is 0 Å². The second-order valence-electron chi connectivity index (χ2n) is 5.27. The summed E-state index contributed by atoms with van der Waals surface area (Å²) in [6.07, 6.45) is 3.69. The van der Waals surface area contributed by atoms with E-state index in [0.29, 0.717) is 6.61 Å². The van der Waals surface area contributed by atoms with E-state index >= 15 is 0 Å². The third kappa shape index (κ3) is 2.82. The molecule has 5 nitrogen and oxygen atoms in total. The SMILES string of the molecule is CNCCc1c[nH]c(=S)n1[C@H]1COc2ccc(O)cc2C1. The highest BCUT2D eigenvalue weighted by Crippen LogP contribution is 2.32. The van der Waals surface area contributed by atoms with Gasteiger partial charge in [-0.1, -0.05) is 0 Å². The Kier molecular flexibility index (Phi) is 3.98. The lowest BCUT2D eigenvalue weighted by molar-refractivity contribution is 0.220. The number of benzene rings is 1. The molecule has 112 valence electrons. The average molecular weight is 305 g/mol. The van der Waals surface area contributed by atoms with Gasteiger partial charge in [0, 0.05) is 31.3 Å². The van der Waals surface area contributed by atoms with Gasteiger partial charge in [0.1, 0.15) is 18.1 Å². The van der Waals surface area contributed by atoms with Gasteiger partial charge in [0.25, 0.3) is 0 Å². The van der Waals surface area contributed by atoms with Crippen molar-refractivity contribution in [3.8, 4) is 11.5 Å². The summed E-state index contributed by atoms with van der Waals surface area (Å²) in [5.41, 5.74) is 2.19. The van der Waals surface area contributed by atoms with Crippen molar-refractivity contribution in [2.75, 3.05) is 20.2 Å². The molecule has 6 heteroatoms. The second-order valence-corrected chi connectivity index (χ2v) is 5.66. The summed E-state index contributed by atoms with van der Waals surface area (Å²) in [5.74, 6) is 1.12. The van der Waals surface area contributed by atoms with Crippen LogP contribution in [0.4, 0.5) is 0 Å². The van der Waals surface area contributed by atoms with Crippen LogP contribution in [-0.2, 0) is 12.8 Å². The summed E-state index contributed by atoms with van der Waals surface area (Å²) in [6.45, 7) is 1.49. The number of aromatic nitrogens is 2. The molecule has 21 heavy (non-hydrogen) atoms. The normalized spacial score (nSPS) is 17.3. The molecule has 0 saturated carbocycles. The Morgan fingerprint density at radius 3 is 3.19 bits per heavy atom. The highest BCUT2D eigenvalue weighted by molar-refractivity contribution is 7.71. The molecule has 0 bridgehead atoms. The van der Waals surface area contributed by atoms with E-state index in [2.05, 4.69) is 14.9 Å². The minimum absolute atomic E-state index is 0.157. The summed E-state index contributed by atoms with van der Waals surface area (Å²) in [6, 6.07) is 5.40. The fourth-order valence-corrected chi connectivity index (χ4v) is 3.12. The van der Waals surface area contributed by atoms with Crippen molar-refractivity contribution in [1.29, 1.82) is 0 Å². The Bertz CT molecular complexity index is 692. The standard InChI is InChI=1S/C15H19N3O2S/c1-16-5-4-11-8-17-15(21)18(11)12-6-10-7-13(19)2-3-14(10)20-9-12/h2-3,7-8,12,16,19H,4-6,9H2,1H3,(H,17,21)/t12-/m1/s1. The Balaban J connectivity index is 1.89.